The highest BCUT2D eigenvalue weighted by molar-refractivity contribution is 7.08. The van der Waals surface area contributed by atoms with E-state index in [4.69, 9.17) is 9.84 Å². The number of hydrogen-bond donors (Lipinski definition) is 1. The average Bonchev–Trinajstić information content (AvgIpc) is 2.94. The summed E-state index contributed by atoms with van der Waals surface area (Å²) < 4.78 is 9.45. The predicted octanol–water partition coefficient (Wildman–Crippen LogP) is 3.45. The van der Waals surface area contributed by atoms with Crippen molar-refractivity contribution in [2.24, 2.45) is 5.92 Å². The third kappa shape index (κ3) is 3.59. The van der Waals surface area contributed by atoms with Crippen molar-refractivity contribution in [3.8, 4) is 17.0 Å². The summed E-state index contributed by atoms with van der Waals surface area (Å²) in [5.74, 6) is -0.637. The fraction of sp³-hybridized carbons (Fsp3) is 0.286. The predicted molar refractivity (Wildman–Crippen MR) is 81.5 cm³/mol. The van der Waals surface area contributed by atoms with Gasteiger partial charge in [0.2, 0.25) is 0 Å². The van der Waals surface area contributed by atoms with Crippen LogP contribution in [0, 0.1) is 16.0 Å². The molecule has 0 fully saturated rings. The maximum absolute atomic E-state index is 11.2. The lowest BCUT2D eigenvalue weighted by molar-refractivity contribution is -0.385. The fourth-order valence-corrected chi connectivity index (χ4v) is 2.31. The van der Waals surface area contributed by atoms with Crippen molar-refractivity contribution in [3.63, 3.8) is 0 Å². The van der Waals surface area contributed by atoms with E-state index in [0.717, 1.165) is 11.5 Å². The summed E-state index contributed by atoms with van der Waals surface area (Å²) in [4.78, 5) is 21.6. The lowest BCUT2D eigenvalue weighted by atomic mass is 10.1. The van der Waals surface area contributed by atoms with Crippen molar-refractivity contribution in [1.82, 2.24) is 4.37 Å². The highest BCUT2D eigenvalue weighted by Gasteiger charge is 2.19. The van der Waals surface area contributed by atoms with E-state index in [1.807, 2.05) is 13.8 Å². The summed E-state index contributed by atoms with van der Waals surface area (Å²) in [7, 11) is 0. The Labute approximate surface area is 130 Å². The number of aromatic carboxylic acids is 1. The van der Waals surface area contributed by atoms with Gasteiger partial charge in [0.25, 0.3) is 0 Å². The summed E-state index contributed by atoms with van der Waals surface area (Å²) >= 11 is 0.834. The van der Waals surface area contributed by atoms with Crippen LogP contribution in [0.15, 0.2) is 24.3 Å². The second-order valence-electron chi connectivity index (χ2n) is 5.03. The van der Waals surface area contributed by atoms with E-state index in [2.05, 4.69) is 4.37 Å². The van der Waals surface area contributed by atoms with Crippen LogP contribution in [0.2, 0.25) is 0 Å². The number of nitrogens with zero attached hydrogens (tertiary/aromatic N) is 2. The highest BCUT2D eigenvalue weighted by atomic mass is 32.1. The smallest absolute Gasteiger partial charge is 0.347 e. The number of carboxylic acids is 1. The standard InChI is InChI=1S/C14H14N2O5S/c1-8(2)7-21-12-4-3-9(5-11(12)16(19)20)10-6-13(14(17)18)22-15-10/h3-6,8H,7H2,1-2H3,(H,17,18). The van der Waals surface area contributed by atoms with Crippen LogP contribution in [0.5, 0.6) is 5.75 Å². The maximum atomic E-state index is 11.2. The first-order valence-electron chi connectivity index (χ1n) is 6.50. The molecule has 0 aliphatic heterocycles. The molecule has 0 saturated heterocycles. The van der Waals surface area contributed by atoms with Crippen LogP contribution in [0.4, 0.5) is 5.69 Å². The van der Waals surface area contributed by atoms with Gasteiger partial charge in [0.05, 0.1) is 17.2 Å². The average molecular weight is 322 g/mol. The van der Waals surface area contributed by atoms with Gasteiger partial charge < -0.3 is 9.84 Å². The van der Waals surface area contributed by atoms with Gasteiger partial charge >= 0.3 is 11.7 Å². The van der Waals surface area contributed by atoms with Crippen LogP contribution in [-0.4, -0.2) is 27.0 Å². The molecule has 0 atom stereocenters. The highest BCUT2D eigenvalue weighted by Crippen LogP contribution is 2.33. The first-order chi connectivity index (χ1) is 10.4. The molecule has 1 heterocycles. The molecule has 0 bridgehead atoms. The molecule has 22 heavy (non-hydrogen) atoms. The van der Waals surface area contributed by atoms with Crippen molar-refractivity contribution < 1.29 is 19.6 Å². The second kappa shape index (κ2) is 6.52. The number of aromatic nitrogens is 1. The maximum Gasteiger partial charge on any atom is 0.347 e. The van der Waals surface area contributed by atoms with Crippen LogP contribution in [0.1, 0.15) is 23.5 Å². The van der Waals surface area contributed by atoms with Crippen molar-refractivity contribution in [1.29, 1.82) is 0 Å². The second-order valence-corrected chi connectivity index (χ2v) is 5.83. The Hall–Kier alpha value is -2.48. The van der Waals surface area contributed by atoms with Gasteiger partial charge in [-0.05, 0) is 35.6 Å². The van der Waals surface area contributed by atoms with Crippen LogP contribution in [0.3, 0.4) is 0 Å². The molecule has 0 amide bonds. The molecule has 0 aliphatic carbocycles. The minimum Gasteiger partial charge on any atom is -0.487 e. The summed E-state index contributed by atoms with van der Waals surface area (Å²) in [6, 6.07) is 5.87. The van der Waals surface area contributed by atoms with E-state index in [1.165, 1.54) is 18.2 Å². The Morgan fingerprint density at radius 2 is 2.18 bits per heavy atom. The summed E-state index contributed by atoms with van der Waals surface area (Å²) in [6.07, 6.45) is 0. The minimum atomic E-state index is -1.07. The third-order valence-electron chi connectivity index (χ3n) is 2.74. The molecule has 1 N–H and O–H groups in total. The number of nitro benzene ring substituents is 1. The van der Waals surface area contributed by atoms with E-state index >= 15 is 0 Å². The third-order valence-corrected chi connectivity index (χ3v) is 3.52. The van der Waals surface area contributed by atoms with E-state index in [9.17, 15) is 14.9 Å². The number of nitro groups is 1. The quantitative estimate of drug-likeness (QED) is 0.645. The number of carboxylic acid groups (broad SMARTS) is 1. The molecule has 7 nitrogen and oxygen atoms in total. The summed E-state index contributed by atoms with van der Waals surface area (Å²) in [5, 5.41) is 20.1. The molecule has 1 aromatic heterocycles. The molecule has 0 aliphatic rings. The Kier molecular flexibility index (Phi) is 4.71. The van der Waals surface area contributed by atoms with Crippen LogP contribution >= 0.6 is 11.5 Å². The van der Waals surface area contributed by atoms with E-state index in [0.29, 0.717) is 17.9 Å². The number of hydrogen-bond acceptors (Lipinski definition) is 6. The molecule has 0 radical (unpaired) electrons. The molecule has 0 spiro atoms. The first kappa shape index (κ1) is 15.9. The zero-order valence-electron chi connectivity index (χ0n) is 12.0. The van der Waals surface area contributed by atoms with E-state index in [1.54, 1.807) is 6.07 Å². The molecular weight excluding hydrogens is 308 g/mol. The number of ether oxygens (including phenoxy) is 1. The van der Waals surface area contributed by atoms with Gasteiger partial charge in [0, 0.05) is 11.6 Å². The summed E-state index contributed by atoms with van der Waals surface area (Å²) in [5.41, 5.74) is 0.705. The molecule has 1 aromatic carbocycles. The zero-order valence-corrected chi connectivity index (χ0v) is 12.8. The van der Waals surface area contributed by atoms with Gasteiger partial charge in [0.15, 0.2) is 5.75 Å². The molecule has 8 heteroatoms. The summed E-state index contributed by atoms with van der Waals surface area (Å²) in [6.45, 7) is 4.27. The number of benzene rings is 1. The lowest BCUT2D eigenvalue weighted by Crippen LogP contribution is -2.06. The van der Waals surface area contributed by atoms with Gasteiger partial charge in [-0.2, -0.15) is 4.37 Å². The topological polar surface area (TPSA) is 103 Å². The molecule has 2 rings (SSSR count). The van der Waals surface area contributed by atoms with Crippen molar-refractivity contribution in [2.45, 2.75) is 13.8 Å². The normalized spacial score (nSPS) is 10.7. The number of rotatable bonds is 6. The van der Waals surface area contributed by atoms with Gasteiger partial charge in [0.1, 0.15) is 4.88 Å². The first-order valence-corrected chi connectivity index (χ1v) is 7.27. The fourth-order valence-electron chi connectivity index (χ4n) is 1.71. The SMILES string of the molecule is CC(C)COc1ccc(-c2cc(C(=O)O)sn2)cc1[N+](=O)[O-]. The Morgan fingerprint density at radius 3 is 2.73 bits per heavy atom. The van der Waals surface area contributed by atoms with Gasteiger partial charge in [-0.1, -0.05) is 13.8 Å². The number of carbonyl (C=O) groups is 1. The van der Waals surface area contributed by atoms with Crippen molar-refractivity contribution >= 4 is 23.2 Å². The Bertz CT molecular complexity index is 711. The zero-order chi connectivity index (χ0) is 16.3. The van der Waals surface area contributed by atoms with Crippen LogP contribution in [-0.2, 0) is 0 Å². The molecule has 2 aromatic rings. The lowest BCUT2D eigenvalue weighted by Gasteiger charge is -2.09. The van der Waals surface area contributed by atoms with Crippen LogP contribution < -0.4 is 4.74 Å². The molecule has 116 valence electrons. The largest absolute Gasteiger partial charge is 0.487 e. The Balaban J connectivity index is 2.35. The molecular formula is C14H14N2O5S. The Morgan fingerprint density at radius 1 is 1.45 bits per heavy atom. The van der Waals surface area contributed by atoms with Crippen LogP contribution in [0.25, 0.3) is 11.3 Å². The molecule has 0 saturated carbocycles. The van der Waals surface area contributed by atoms with Crippen molar-refractivity contribution in [2.75, 3.05) is 6.61 Å². The van der Waals surface area contributed by atoms with E-state index < -0.39 is 10.9 Å². The van der Waals surface area contributed by atoms with E-state index in [-0.39, 0.29) is 22.2 Å². The van der Waals surface area contributed by atoms with Crippen molar-refractivity contribution in [3.05, 3.63) is 39.3 Å². The minimum absolute atomic E-state index is 0.0813. The van der Waals surface area contributed by atoms with Gasteiger partial charge in [-0.3, -0.25) is 10.1 Å². The monoisotopic (exact) mass is 322 g/mol. The van der Waals surface area contributed by atoms with Gasteiger partial charge in [-0.15, -0.1) is 0 Å². The van der Waals surface area contributed by atoms with Gasteiger partial charge in [-0.25, -0.2) is 4.79 Å². The molecule has 0 unspecified atom stereocenters.